The lowest BCUT2D eigenvalue weighted by Gasteiger charge is -2.11. The summed E-state index contributed by atoms with van der Waals surface area (Å²) in [6, 6.07) is 21.6. The van der Waals surface area contributed by atoms with E-state index in [4.69, 9.17) is 4.42 Å². The highest BCUT2D eigenvalue weighted by molar-refractivity contribution is 9.10. The molecule has 1 aromatic heterocycles. The van der Waals surface area contributed by atoms with Crippen molar-refractivity contribution in [3.63, 3.8) is 0 Å². The van der Waals surface area contributed by atoms with Crippen LogP contribution in [-0.2, 0) is 6.54 Å². The normalized spacial score (nSPS) is 11.8. The Morgan fingerprint density at radius 3 is 2.38 bits per heavy atom. The van der Waals surface area contributed by atoms with Gasteiger partial charge in [-0.15, -0.1) is 12.4 Å². The minimum atomic E-state index is -0.517. The van der Waals surface area contributed by atoms with E-state index in [-0.39, 0.29) is 12.4 Å². The number of rotatable bonds is 6. The van der Waals surface area contributed by atoms with Gasteiger partial charge in [-0.2, -0.15) is 0 Å². The average Bonchev–Trinajstić information content (AvgIpc) is 3.05. The average molecular weight is 409 g/mol. The molecule has 126 valence electrons. The van der Waals surface area contributed by atoms with Gasteiger partial charge in [0.1, 0.15) is 11.5 Å². The molecule has 3 nitrogen and oxygen atoms in total. The van der Waals surface area contributed by atoms with E-state index in [1.54, 1.807) is 0 Å². The second kappa shape index (κ2) is 9.04. The second-order valence-electron chi connectivity index (χ2n) is 5.33. The van der Waals surface area contributed by atoms with Crippen LogP contribution in [0.4, 0.5) is 0 Å². The summed E-state index contributed by atoms with van der Waals surface area (Å²) in [5, 5.41) is 13.3. The van der Waals surface area contributed by atoms with E-state index in [0.717, 1.165) is 27.1 Å². The van der Waals surface area contributed by atoms with Crippen LogP contribution in [0.25, 0.3) is 11.3 Å². The number of nitrogens with one attached hydrogen (secondary N) is 1. The Morgan fingerprint density at radius 2 is 1.67 bits per heavy atom. The van der Waals surface area contributed by atoms with Crippen LogP contribution in [-0.4, -0.2) is 11.7 Å². The van der Waals surface area contributed by atoms with Gasteiger partial charge in [-0.3, -0.25) is 0 Å². The largest absolute Gasteiger partial charge is 0.460 e. The minimum absolute atomic E-state index is 0. The summed E-state index contributed by atoms with van der Waals surface area (Å²) in [5.74, 6) is 1.70. The van der Waals surface area contributed by atoms with E-state index >= 15 is 0 Å². The summed E-state index contributed by atoms with van der Waals surface area (Å²) >= 11 is 3.43. The smallest absolute Gasteiger partial charge is 0.134 e. The minimum Gasteiger partial charge on any atom is -0.460 e. The summed E-state index contributed by atoms with van der Waals surface area (Å²) in [5.41, 5.74) is 1.96. The molecule has 0 radical (unpaired) electrons. The summed E-state index contributed by atoms with van der Waals surface area (Å²) in [6.07, 6.45) is -0.517. The molecule has 0 aliphatic heterocycles. The van der Waals surface area contributed by atoms with Crippen LogP contribution < -0.4 is 5.32 Å². The molecule has 0 bridgehead atoms. The maximum atomic E-state index is 10.1. The lowest BCUT2D eigenvalue weighted by Crippen LogP contribution is -2.20. The van der Waals surface area contributed by atoms with E-state index < -0.39 is 6.10 Å². The van der Waals surface area contributed by atoms with Gasteiger partial charge in [0.15, 0.2) is 0 Å². The van der Waals surface area contributed by atoms with Crippen molar-refractivity contribution in [2.45, 2.75) is 12.6 Å². The second-order valence-corrected chi connectivity index (χ2v) is 6.25. The molecule has 0 aliphatic carbocycles. The molecule has 0 fully saturated rings. The first-order chi connectivity index (χ1) is 11.2. The number of benzene rings is 2. The Kier molecular flexibility index (Phi) is 7.06. The summed E-state index contributed by atoms with van der Waals surface area (Å²) < 4.78 is 6.88. The van der Waals surface area contributed by atoms with Gasteiger partial charge in [0.25, 0.3) is 0 Å². The fraction of sp³-hybridized carbons (Fsp3) is 0.158. The maximum absolute atomic E-state index is 10.1. The van der Waals surface area contributed by atoms with Gasteiger partial charge in [-0.05, 0) is 29.8 Å². The van der Waals surface area contributed by atoms with Crippen molar-refractivity contribution < 1.29 is 9.52 Å². The topological polar surface area (TPSA) is 45.4 Å². The highest BCUT2D eigenvalue weighted by Crippen LogP contribution is 2.24. The number of furan rings is 1. The molecule has 0 amide bonds. The molecule has 5 heteroatoms. The zero-order valence-electron chi connectivity index (χ0n) is 13.0. The van der Waals surface area contributed by atoms with Crippen molar-refractivity contribution in [3.05, 3.63) is 82.5 Å². The van der Waals surface area contributed by atoms with Gasteiger partial charge < -0.3 is 14.8 Å². The van der Waals surface area contributed by atoms with Crippen molar-refractivity contribution >= 4 is 28.3 Å². The number of aliphatic hydroxyl groups is 1. The summed E-state index contributed by atoms with van der Waals surface area (Å²) in [7, 11) is 0. The number of halogens is 2. The molecule has 0 saturated heterocycles. The van der Waals surface area contributed by atoms with Crippen LogP contribution in [0.3, 0.4) is 0 Å². The van der Waals surface area contributed by atoms with E-state index in [0.29, 0.717) is 13.1 Å². The first kappa shape index (κ1) is 18.7. The van der Waals surface area contributed by atoms with Crippen molar-refractivity contribution in [2.24, 2.45) is 0 Å². The molecule has 0 aliphatic rings. The van der Waals surface area contributed by atoms with Gasteiger partial charge in [0.2, 0.25) is 0 Å². The van der Waals surface area contributed by atoms with Gasteiger partial charge in [0, 0.05) is 16.6 Å². The monoisotopic (exact) mass is 407 g/mol. The van der Waals surface area contributed by atoms with Crippen LogP contribution >= 0.6 is 28.3 Å². The number of hydrogen-bond donors (Lipinski definition) is 2. The molecule has 2 N–H and O–H groups in total. The third-order valence-electron chi connectivity index (χ3n) is 3.61. The van der Waals surface area contributed by atoms with Crippen LogP contribution in [0.1, 0.15) is 17.4 Å². The lowest BCUT2D eigenvalue weighted by molar-refractivity contribution is 0.173. The number of hydrogen-bond acceptors (Lipinski definition) is 3. The molecule has 1 atom stereocenters. The predicted molar refractivity (Wildman–Crippen MR) is 102 cm³/mol. The zero-order valence-corrected chi connectivity index (χ0v) is 15.4. The molecule has 24 heavy (non-hydrogen) atoms. The molecule has 3 rings (SSSR count). The van der Waals surface area contributed by atoms with Gasteiger partial charge in [-0.25, -0.2) is 0 Å². The van der Waals surface area contributed by atoms with Crippen LogP contribution in [0.5, 0.6) is 0 Å². The van der Waals surface area contributed by atoms with E-state index in [1.807, 2.05) is 66.7 Å². The molecular weight excluding hydrogens is 390 g/mol. The molecule has 1 heterocycles. The highest BCUT2D eigenvalue weighted by atomic mass is 79.9. The fourth-order valence-electron chi connectivity index (χ4n) is 2.37. The van der Waals surface area contributed by atoms with Gasteiger partial charge in [-0.1, -0.05) is 58.4 Å². The Morgan fingerprint density at radius 1 is 0.958 bits per heavy atom. The van der Waals surface area contributed by atoms with E-state index in [1.165, 1.54) is 0 Å². The molecule has 1 unspecified atom stereocenters. The van der Waals surface area contributed by atoms with Crippen molar-refractivity contribution in [3.8, 4) is 11.3 Å². The quantitative estimate of drug-likeness (QED) is 0.606. The summed E-state index contributed by atoms with van der Waals surface area (Å²) in [4.78, 5) is 0. The van der Waals surface area contributed by atoms with Gasteiger partial charge in [0.05, 0.1) is 12.6 Å². The van der Waals surface area contributed by atoms with Crippen LogP contribution in [0.2, 0.25) is 0 Å². The van der Waals surface area contributed by atoms with Crippen molar-refractivity contribution in [1.29, 1.82) is 0 Å². The van der Waals surface area contributed by atoms with Crippen molar-refractivity contribution in [1.82, 2.24) is 5.32 Å². The highest BCUT2D eigenvalue weighted by Gasteiger charge is 2.08. The molecular formula is C19H19BrClNO2. The zero-order chi connectivity index (χ0) is 16.1. The molecule has 0 saturated carbocycles. The predicted octanol–water partition coefficient (Wildman–Crippen LogP) is 4.95. The van der Waals surface area contributed by atoms with E-state index in [2.05, 4.69) is 21.2 Å². The number of aliphatic hydroxyl groups excluding tert-OH is 1. The first-order valence-electron chi connectivity index (χ1n) is 7.51. The third-order valence-corrected chi connectivity index (χ3v) is 4.14. The van der Waals surface area contributed by atoms with Crippen molar-refractivity contribution in [2.75, 3.05) is 6.54 Å². The lowest BCUT2D eigenvalue weighted by atomic mass is 10.1. The Balaban J connectivity index is 0.00000208. The van der Waals surface area contributed by atoms with E-state index in [9.17, 15) is 5.11 Å². The Hall–Kier alpha value is -1.59. The van der Waals surface area contributed by atoms with Crippen LogP contribution in [0, 0.1) is 0 Å². The maximum Gasteiger partial charge on any atom is 0.134 e. The SMILES string of the molecule is Cl.OC(CNCc1ccc(-c2ccc(Br)cc2)o1)c1ccccc1. The molecule has 2 aromatic carbocycles. The van der Waals surface area contributed by atoms with Gasteiger partial charge >= 0.3 is 0 Å². The Bertz CT molecular complexity index is 744. The first-order valence-corrected chi connectivity index (χ1v) is 8.30. The van der Waals surface area contributed by atoms with Crippen LogP contribution in [0.15, 0.2) is 75.6 Å². The fourth-order valence-corrected chi connectivity index (χ4v) is 2.63. The molecule has 0 spiro atoms. The third kappa shape index (κ3) is 4.95. The standard InChI is InChI=1S/C19H18BrNO2.ClH/c20-16-8-6-15(7-9-16)19-11-10-17(23-19)12-21-13-18(22)14-4-2-1-3-5-14;/h1-11,18,21-22H,12-13H2;1H. The molecule has 3 aromatic rings. The summed E-state index contributed by atoms with van der Waals surface area (Å²) in [6.45, 7) is 1.07. The Labute approximate surface area is 156 Å².